The Kier molecular flexibility index (Phi) is 5.50. The highest BCUT2D eigenvalue weighted by molar-refractivity contribution is 6.04. The third-order valence-electron chi connectivity index (χ3n) is 2.86. The van der Waals surface area contributed by atoms with Gasteiger partial charge < -0.3 is 25.2 Å². The molecule has 0 radical (unpaired) electrons. The number of hydrogen-bond donors (Lipinski definition) is 4. The SMILES string of the molecule is COc1cc(O)c(C(=O)O)c(C(=C/C(=O)O)/C(C)=C\C(=O)O)c1. The molecule has 1 aromatic rings. The molecule has 1 rings (SSSR count). The van der Waals surface area contributed by atoms with Gasteiger partial charge in [-0.2, -0.15) is 0 Å². The van der Waals surface area contributed by atoms with Crippen LogP contribution in [0.3, 0.4) is 0 Å². The van der Waals surface area contributed by atoms with Crippen molar-refractivity contribution in [3.63, 3.8) is 0 Å². The van der Waals surface area contributed by atoms with E-state index in [4.69, 9.17) is 14.9 Å². The molecule has 0 fully saturated rings. The Morgan fingerprint density at radius 2 is 1.61 bits per heavy atom. The Labute approximate surface area is 130 Å². The second kappa shape index (κ2) is 7.12. The number of carboxylic acids is 3. The van der Waals surface area contributed by atoms with E-state index in [1.807, 2.05) is 0 Å². The van der Waals surface area contributed by atoms with Gasteiger partial charge in [0.05, 0.1) is 7.11 Å². The van der Waals surface area contributed by atoms with E-state index >= 15 is 0 Å². The van der Waals surface area contributed by atoms with Gasteiger partial charge in [-0.3, -0.25) is 0 Å². The minimum Gasteiger partial charge on any atom is -0.507 e. The summed E-state index contributed by atoms with van der Waals surface area (Å²) in [5.74, 6) is -4.78. The maximum absolute atomic E-state index is 11.4. The number of hydrogen-bond acceptors (Lipinski definition) is 5. The molecule has 0 unspecified atom stereocenters. The van der Waals surface area contributed by atoms with Gasteiger partial charge in [0.25, 0.3) is 0 Å². The molecule has 8 heteroatoms. The fourth-order valence-corrected chi connectivity index (χ4v) is 1.95. The van der Waals surface area contributed by atoms with E-state index in [-0.39, 0.29) is 22.5 Å². The first-order valence-electron chi connectivity index (χ1n) is 6.18. The van der Waals surface area contributed by atoms with E-state index in [0.717, 1.165) is 12.1 Å². The van der Waals surface area contributed by atoms with Crippen LogP contribution in [0.2, 0.25) is 0 Å². The lowest BCUT2D eigenvalue weighted by Crippen LogP contribution is -2.06. The van der Waals surface area contributed by atoms with Crippen LogP contribution < -0.4 is 4.74 Å². The number of carbonyl (C=O) groups is 3. The van der Waals surface area contributed by atoms with Crippen molar-refractivity contribution in [2.45, 2.75) is 6.92 Å². The first kappa shape index (κ1) is 17.8. The molecule has 0 spiro atoms. The summed E-state index contributed by atoms with van der Waals surface area (Å²) in [5, 5.41) is 36.9. The number of rotatable bonds is 6. The van der Waals surface area contributed by atoms with Crippen molar-refractivity contribution in [2.24, 2.45) is 0 Å². The molecular weight excluding hydrogens is 308 g/mol. The summed E-state index contributed by atoms with van der Waals surface area (Å²) in [4.78, 5) is 33.2. The number of carboxylic acid groups (broad SMARTS) is 3. The third-order valence-corrected chi connectivity index (χ3v) is 2.86. The summed E-state index contributed by atoms with van der Waals surface area (Å²) >= 11 is 0. The molecular formula is C15H14O8. The van der Waals surface area contributed by atoms with Crippen LogP contribution >= 0.6 is 0 Å². The van der Waals surface area contributed by atoms with E-state index in [1.165, 1.54) is 20.1 Å². The number of aromatic hydroxyl groups is 1. The molecule has 0 atom stereocenters. The van der Waals surface area contributed by atoms with Crippen molar-refractivity contribution >= 4 is 23.5 Å². The third kappa shape index (κ3) is 4.34. The summed E-state index contributed by atoms with van der Waals surface area (Å²) in [6.07, 6.45) is 1.40. The molecule has 0 aliphatic rings. The summed E-state index contributed by atoms with van der Waals surface area (Å²) in [6.45, 7) is 1.31. The molecule has 0 heterocycles. The first-order valence-corrected chi connectivity index (χ1v) is 6.18. The zero-order valence-corrected chi connectivity index (χ0v) is 12.2. The van der Waals surface area contributed by atoms with Gasteiger partial charge in [-0.25, -0.2) is 14.4 Å². The van der Waals surface area contributed by atoms with Crippen LogP contribution in [0.25, 0.3) is 5.57 Å². The number of aromatic carboxylic acids is 1. The predicted octanol–water partition coefficient (Wildman–Crippen LogP) is 1.60. The molecule has 0 saturated heterocycles. The first-order chi connectivity index (χ1) is 10.7. The highest BCUT2D eigenvalue weighted by Gasteiger charge is 2.22. The molecule has 0 bridgehead atoms. The van der Waals surface area contributed by atoms with Crippen LogP contribution in [0, 0.1) is 0 Å². The lowest BCUT2D eigenvalue weighted by Gasteiger charge is -2.14. The highest BCUT2D eigenvalue weighted by atomic mass is 16.5. The van der Waals surface area contributed by atoms with Crippen molar-refractivity contribution in [2.75, 3.05) is 7.11 Å². The smallest absolute Gasteiger partial charge is 0.340 e. The number of benzene rings is 1. The van der Waals surface area contributed by atoms with Gasteiger partial charge in [0.15, 0.2) is 0 Å². The maximum Gasteiger partial charge on any atom is 0.340 e. The van der Waals surface area contributed by atoms with Crippen LogP contribution in [0.1, 0.15) is 22.8 Å². The fourth-order valence-electron chi connectivity index (χ4n) is 1.95. The molecule has 0 amide bonds. The molecule has 4 N–H and O–H groups in total. The Hall–Kier alpha value is -3.29. The molecule has 0 aromatic heterocycles. The number of methoxy groups -OCH3 is 1. The Morgan fingerprint density at radius 1 is 1.04 bits per heavy atom. The molecule has 0 saturated carbocycles. The quantitative estimate of drug-likeness (QED) is 0.457. The second-order valence-corrected chi connectivity index (χ2v) is 4.44. The number of ether oxygens (including phenoxy) is 1. The van der Waals surface area contributed by atoms with Gasteiger partial charge in [0.1, 0.15) is 17.1 Å². The van der Waals surface area contributed by atoms with Crippen LogP contribution in [0.5, 0.6) is 11.5 Å². The largest absolute Gasteiger partial charge is 0.507 e. The molecule has 8 nitrogen and oxygen atoms in total. The zero-order chi connectivity index (χ0) is 17.7. The summed E-state index contributed by atoms with van der Waals surface area (Å²) in [7, 11) is 1.28. The monoisotopic (exact) mass is 322 g/mol. The molecule has 23 heavy (non-hydrogen) atoms. The Morgan fingerprint density at radius 3 is 2.04 bits per heavy atom. The van der Waals surface area contributed by atoms with Crippen molar-refractivity contribution in [1.82, 2.24) is 0 Å². The normalized spacial score (nSPS) is 11.9. The number of allylic oxidation sites excluding steroid dienone is 2. The van der Waals surface area contributed by atoms with Gasteiger partial charge in [-0.1, -0.05) is 0 Å². The van der Waals surface area contributed by atoms with Crippen molar-refractivity contribution in [1.29, 1.82) is 0 Å². The zero-order valence-electron chi connectivity index (χ0n) is 12.2. The van der Waals surface area contributed by atoms with E-state index in [9.17, 15) is 24.6 Å². The maximum atomic E-state index is 11.4. The lowest BCUT2D eigenvalue weighted by atomic mass is 9.93. The van der Waals surface area contributed by atoms with Gasteiger partial charge in [-0.15, -0.1) is 0 Å². The van der Waals surface area contributed by atoms with E-state index in [2.05, 4.69) is 0 Å². The minimum atomic E-state index is -1.50. The van der Waals surface area contributed by atoms with Gasteiger partial charge in [-0.05, 0) is 24.1 Å². The molecule has 0 aliphatic carbocycles. The van der Waals surface area contributed by atoms with Crippen LogP contribution in [0.15, 0.2) is 29.9 Å². The Balaban J connectivity index is 3.78. The molecule has 0 aliphatic heterocycles. The average molecular weight is 322 g/mol. The number of phenols is 1. The predicted molar refractivity (Wildman–Crippen MR) is 78.6 cm³/mol. The average Bonchev–Trinajstić information content (AvgIpc) is 2.42. The fraction of sp³-hybridized carbons (Fsp3) is 0.133. The van der Waals surface area contributed by atoms with Crippen molar-refractivity contribution in [3.8, 4) is 11.5 Å². The number of aliphatic carboxylic acids is 2. The van der Waals surface area contributed by atoms with E-state index < -0.39 is 29.2 Å². The topological polar surface area (TPSA) is 141 Å². The van der Waals surface area contributed by atoms with Crippen molar-refractivity contribution < 1.29 is 39.5 Å². The molecule has 122 valence electrons. The summed E-state index contributed by atoms with van der Waals surface area (Å²) in [5.41, 5.74) is -0.912. The van der Waals surface area contributed by atoms with Crippen LogP contribution in [-0.2, 0) is 9.59 Å². The van der Waals surface area contributed by atoms with Gasteiger partial charge in [0, 0.05) is 23.8 Å². The summed E-state index contributed by atoms with van der Waals surface area (Å²) < 4.78 is 4.92. The second-order valence-electron chi connectivity index (χ2n) is 4.44. The standard InChI is InChI=1S/C15H14O8/c1-7(3-12(17)18)9(6-13(19)20)10-4-8(23-2)5-11(16)14(10)15(21)22/h3-6,16H,1-2H3,(H,17,18)(H,19,20)(H,21,22)/b7-3-,9-6+. The molecule has 1 aromatic carbocycles. The summed E-state index contributed by atoms with van der Waals surface area (Å²) in [6, 6.07) is 2.26. The van der Waals surface area contributed by atoms with E-state index in [0.29, 0.717) is 6.08 Å². The minimum absolute atomic E-state index is 0.00458. The van der Waals surface area contributed by atoms with Gasteiger partial charge in [0.2, 0.25) is 0 Å². The highest BCUT2D eigenvalue weighted by Crippen LogP contribution is 2.35. The van der Waals surface area contributed by atoms with E-state index in [1.54, 1.807) is 0 Å². The Bertz CT molecular complexity index is 727. The van der Waals surface area contributed by atoms with Gasteiger partial charge >= 0.3 is 17.9 Å². The van der Waals surface area contributed by atoms with Crippen LogP contribution in [0.4, 0.5) is 0 Å². The van der Waals surface area contributed by atoms with Crippen molar-refractivity contribution in [3.05, 3.63) is 41.0 Å². The lowest BCUT2D eigenvalue weighted by molar-refractivity contribution is -0.132. The van der Waals surface area contributed by atoms with Crippen LogP contribution in [-0.4, -0.2) is 45.4 Å².